The van der Waals surface area contributed by atoms with Crippen LogP contribution in [0, 0.1) is 5.41 Å². The van der Waals surface area contributed by atoms with Crippen LogP contribution in [0.25, 0.3) is 0 Å². The van der Waals surface area contributed by atoms with E-state index in [4.69, 9.17) is 9.84 Å². The molecule has 0 aromatic carbocycles. The zero-order chi connectivity index (χ0) is 13.6. The minimum absolute atomic E-state index is 0.148. The predicted molar refractivity (Wildman–Crippen MR) is 66.4 cm³/mol. The maximum atomic E-state index is 11.9. The number of hydrogen-bond donors (Lipinski definition) is 2. The molecule has 2 N–H and O–H groups in total. The Morgan fingerprint density at radius 1 is 1.39 bits per heavy atom. The van der Waals surface area contributed by atoms with Crippen molar-refractivity contribution in [2.24, 2.45) is 5.41 Å². The number of aliphatic carboxylic acids is 1. The number of nitrogens with one attached hydrogen (secondary N) is 1. The number of ether oxygens (including phenoxy) is 1. The van der Waals surface area contributed by atoms with Crippen LogP contribution in [0.15, 0.2) is 0 Å². The molecule has 0 radical (unpaired) electrons. The molecule has 6 heteroatoms. The van der Waals surface area contributed by atoms with E-state index in [2.05, 4.69) is 5.32 Å². The van der Waals surface area contributed by atoms with Gasteiger partial charge in [0.1, 0.15) is 0 Å². The molecule has 1 unspecified atom stereocenters. The topological polar surface area (TPSA) is 78.9 Å². The summed E-state index contributed by atoms with van der Waals surface area (Å²) < 4.78 is 5.26. The van der Waals surface area contributed by atoms with Gasteiger partial charge in [-0.3, -0.25) is 4.79 Å². The molecule has 1 heterocycles. The SMILES string of the molecule is CCC(C)(CNC(=O)N1CCCOCC1)C(=O)O. The first kappa shape index (κ1) is 14.8. The van der Waals surface area contributed by atoms with E-state index < -0.39 is 11.4 Å². The standard InChI is InChI=1S/C12H22N2O4/c1-3-12(2,10(15)16)9-13-11(17)14-5-4-7-18-8-6-14/h3-9H2,1-2H3,(H,13,17)(H,15,16). The minimum atomic E-state index is -0.905. The summed E-state index contributed by atoms with van der Waals surface area (Å²) in [7, 11) is 0. The average molecular weight is 258 g/mol. The van der Waals surface area contributed by atoms with Gasteiger partial charge in [-0.05, 0) is 19.8 Å². The van der Waals surface area contributed by atoms with E-state index in [1.807, 2.05) is 0 Å². The molecule has 0 spiro atoms. The number of urea groups is 1. The molecule has 104 valence electrons. The summed E-state index contributed by atoms with van der Waals surface area (Å²) in [6, 6.07) is -0.207. The first-order chi connectivity index (χ1) is 8.49. The highest BCUT2D eigenvalue weighted by molar-refractivity contribution is 5.77. The molecule has 1 fully saturated rings. The summed E-state index contributed by atoms with van der Waals surface area (Å²) in [5.41, 5.74) is -0.905. The number of carbonyl (C=O) groups excluding carboxylic acids is 1. The smallest absolute Gasteiger partial charge is 0.317 e. The molecule has 0 saturated carbocycles. The Balaban J connectivity index is 2.46. The molecule has 2 amide bonds. The molecule has 0 bridgehead atoms. The average Bonchev–Trinajstić information content (AvgIpc) is 2.64. The quantitative estimate of drug-likeness (QED) is 0.786. The Morgan fingerprint density at radius 3 is 2.72 bits per heavy atom. The van der Waals surface area contributed by atoms with Crippen molar-refractivity contribution >= 4 is 12.0 Å². The summed E-state index contributed by atoms with van der Waals surface area (Å²) >= 11 is 0. The number of nitrogens with zero attached hydrogens (tertiary/aromatic N) is 1. The number of carbonyl (C=O) groups is 2. The van der Waals surface area contributed by atoms with Gasteiger partial charge in [0.25, 0.3) is 0 Å². The Hall–Kier alpha value is -1.30. The van der Waals surface area contributed by atoms with Gasteiger partial charge in [0.15, 0.2) is 0 Å². The summed E-state index contributed by atoms with van der Waals surface area (Å²) in [5.74, 6) is -0.885. The van der Waals surface area contributed by atoms with Crippen LogP contribution < -0.4 is 5.32 Å². The zero-order valence-electron chi connectivity index (χ0n) is 11.1. The third-order valence-electron chi connectivity index (χ3n) is 3.44. The van der Waals surface area contributed by atoms with Crippen molar-refractivity contribution in [1.29, 1.82) is 0 Å². The second-order valence-electron chi connectivity index (χ2n) is 4.83. The molecular formula is C12H22N2O4. The van der Waals surface area contributed by atoms with Crippen molar-refractivity contribution in [3.63, 3.8) is 0 Å². The Labute approximate surface area is 107 Å². The fourth-order valence-electron chi connectivity index (χ4n) is 1.68. The molecule has 18 heavy (non-hydrogen) atoms. The van der Waals surface area contributed by atoms with Crippen LogP contribution in [0.4, 0.5) is 4.79 Å². The van der Waals surface area contributed by atoms with Crippen LogP contribution in [0.5, 0.6) is 0 Å². The number of hydrogen-bond acceptors (Lipinski definition) is 3. The van der Waals surface area contributed by atoms with Crippen LogP contribution in [0.3, 0.4) is 0 Å². The summed E-state index contributed by atoms with van der Waals surface area (Å²) in [6.45, 7) is 6.02. The Kier molecular flexibility index (Phi) is 5.40. The molecule has 1 atom stereocenters. The van der Waals surface area contributed by atoms with Gasteiger partial charge in [0, 0.05) is 26.2 Å². The lowest BCUT2D eigenvalue weighted by Gasteiger charge is -2.26. The van der Waals surface area contributed by atoms with E-state index in [0.717, 1.165) is 6.42 Å². The lowest BCUT2D eigenvalue weighted by molar-refractivity contribution is -0.147. The van der Waals surface area contributed by atoms with E-state index in [0.29, 0.717) is 32.7 Å². The highest BCUT2D eigenvalue weighted by Gasteiger charge is 2.32. The summed E-state index contributed by atoms with van der Waals surface area (Å²) in [4.78, 5) is 24.7. The third kappa shape index (κ3) is 3.87. The third-order valence-corrected chi connectivity index (χ3v) is 3.44. The van der Waals surface area contributed by atoms with Crippen LogP contribution in [-0.2, 0) is 9.53 Å². The molecule has 6 nitrogen and oxygen atoms in total. The van der Waals surface area contributed by atoms with Crippen molar-refractivity contribution in [3.8, 4) is 0 Å². The monoisotopic (exact) mass is 258 g/mol. The van der Waals surface area contributed by atoms with Crippen LogP contribution >= 0.6 is 0 Å². The number of carboxylic acid groups (broad SMARTS) is 1. The van der Waals surface area contributed by atoms with Gasteiger partial charge in [-0.25, -0.2) is 4.79 Å². The van der Waals surface area contributed by atoms with Crippen molar-refractivity contribution in [3.05, 3.63) is 0 Å². The lowest BCUT2D eigenvalue weighted by Crippen LogP contribution is -2.47. The molecule has 1 saturated heterocycles. The van der Waals surface area contributed by atoms with Crippen LogP contribution in [0.2, 0.25) is 0 Å². The van der Waals surface area contributed by atoms with E-state index in [1.165, 1.54) is 0 Å². The van der Waals surface area contributed by atoms with Crippen molar-refractivity contribution in [1.82, 2.24) is 10.2 Å². The van der Waals surface area contributed by atoms with Crippen LogP contribution in [-0.4, -0.2) is 54.9 Å². The molecule has 0 aromatic rings. The molecule has 0 aromatic heterocycles. The fourth-order valence-corrected chi connectivity index (χ4v) is 1.68. The van der Waals surface area contributed by atoms with Crippen molar-refractivity contribution < 1.29 is 19.4 Å². The van der Waals surface area contributed by atoms with Gasteiger partial charge < -0.3 is 20.1 Å². The number of carboxylic acids is 1. The summed E-state index contributed by atoms with van der Waals surface area (Å²) in [6.07, 6.45) is 1.29. The van der Waals surface area contributed by atoms with Gasteiger partial charge in [0.2, 0.25) is 0 Å². The lowest BCUT2D eigenvalue weighted by atomic mass is 9.88. The minimum Gasteiger partial charge on any atom is -0.481 e. The highest BCUT2D eigenvalue weighted by Crippen LogP contribution is 2.19. The second kappa shape index (κ2) is 6.58. The number of amides is 2. The van der Waals surface area contributed by atoms with Gasteiger partial charge in [-0.1, -0.05) is 6.92 Å². The molecule has 0 aliphatic carbocycles. The zero-order valence-corrected chi connectivity index (χ0v) is 11.1. The second-order valence-corrected chi connectivity index (χ2v) is 4.83. The fraction of sp³-hybridized carbons (Fsp3) is 0.833. The molecular weight excluding hydrogens is 236 g/mol. The molecule has 1 aliphatic heterocycles. The van der Waals surface area contributed by atoms with Crippen LogP contribution in [0.1, 0.15) is 26.7 Å². The van der Waals surface area contributed by atoms with E-state index in [-0.39, 0.29) is 12.6 Å². The molecule has 1 rings (SSSR count). The van der Waals surface area contributed by atoms with Crippen molar-refractivity contribution in [2.45, 2.75) is 26.7 Å². The maximum Gasteiger partial charge on any atom is 0.317 e. The van der Waals surface area contributed by atoms with Gasteiger partial charge in [-0.2, -0.15) is 0 Å². The number of rotatable bonds is 4. The van der Waals surface area contributed by atoms with Gasteiger partial charge in [0.05, 0.1) is 12.0 Å². The highest BCUT2D eigenvalue weighted by atomic mass is 16.5. The van der Waals surface area contributed by atoms with E-state index >= 15 is 0 Å². The summed E-state index contributed by atoms with van der Waals surface area (Å²) in [5, 5.41) is 11.8. The first-order valence-electron chi connectivity index (χ1n) is 6.33. The maximum absolute atomic E-state index is 11.9. The van der Waals surface area contributed by atoms with Crippen molar-refractivity contribution in [2.75, 3.05) is 32.8 Å². The van der Waals surface area contributed by atoms with E-state index in [9.17, 15) is 9.59 Å². The van der Waals surface area contributed by atoms with E-state index in [1.54, 1.807) is 18.7 Å². The molecule has 1 aliphatic rings. The largest absolute Gasteiger partial charge is 0.481 e. The predicted octanol–water partition coefficient (Wildman–Crippen LogP) is 0.919. The van der Waals surface area contributed by atoms with Gasteiger partial charge >= 0.3 is 12.0 Å². The Bertz CT molecular complexity index is 300. The first-order valence-corrected chi connectivity index (χ1v) is 6.33. The van der Waals surface area contributed by atoms with Gasteiger partial charge in [-0.15, -0.1) is 0 Å². The normalized spacial score (nSPS) is 19.8. The Morgan fingerprint density at radius 2 is 2.11 bits per heavy atom.